The molecule has 2 N–H and O–H groups in total. The molecule has 0 fully saturated rings. The number of carbonyl (C=O) groups excluding carboxylic acids is 1. The summed E-state index contributed by atoms with van der Waals surface area (Å²) < 4.78 is 9.77. The summed E-state index contributed by atoms with van der Waals surface area (Å²) in [5, 5.41) is 1.97. The van der Waals surface area contributed by atoms with E-state index < -0.39 is 6.04 Å². The summed E-state index contributed by atoms with van der Waals surface area (Å²) in [6, 6.07) is 7.85. The number of anilines is 1. The van der Waals surface area contributed by atoms with Gasteiger partial charge in [0.15, 0.2) is 6.04 Å². The van der Waals surface area contributed by atoms with E-state index in [4.69, 9.17) is 4.74 Å². The number of allylic oxidation sites excluding steroid dienone is 2. The number of fused-ring (bicyclic) bond motifs is 1. The Morgan fingerprint density at radius 2 is 2.37 bits per heavy atom. The van der Waals surface area contributed by atoms with E-state index in [9.17, 15) is 4.79 Å². The molecule has 1 aromatic carbocycles. The van der Waals surface area contributed by atoms with Crippen molar-refractivity contribution in [3.05, 3.63) is 52.4 Å². The van der Waals surface area contributed by atoms with Gasteiger partial charge < -0.3 is 14.4 Å². The highest BCUT2D eigenvalue weighted by molar-refractivity contribution is 8.22. The van der Waals surface area contributed by atoms with Crippen LogP contribution in [0.3, 0.4) is 0 Å². The topological polar surface area (TPSA) is 66.5 Å². The number of thioether (sulfide) groups is 2. The molecule has 0 amide bonds. The van der Waals surface area contributed by atoms with E-state index in [0.717, 1.165) is 33.1 Å². The molecule has 1 unspecified atom stereocenters. The number of carbonyl (C=O) groups is 1. The number of benzene rings is 1. The molecular formula is C19H19N3O2S3. The van der Waals surface area contributed by atoms with E-state index in [-0.39, 0.29) is 5.97 Å². The van der Waals surface area contributed by atoms with Crippen LogP contribution in [0.5, 0.6) is 0 Å². The normalized spacial score (nSPS) is 19.1. The van der Waals surface area contributed by atoms with Crippen LogP contribution in [0.2, 0.25) is 0 Å². The third-order valence-corrected chi connectivity index (χ3v) is 7.17. The number of nitrogens with zero attached hydrogens (tertiary/aromatic N) is 1. The Kier molecular flexibility index (Phi) is 5.85. The molecule has 0 radical (unpaired) electrons. The van der Waals surface area contributed by atoms with Gasteiger partial charge in [-0.1, -0.05) is 24.3 Å². The highest BCUT2D eigenvalue weighted by atomic mass is 32.2. The van der Waals surface area contributed by atoms with E-state index in [1.54, 1.807) is 23.7 Å². The Bertz CT molecular complexity index is 949. The van der Waals surface area contributed by atoms with Gasteiger partial charge in [0.1, 0.15) is 5.04 Å². The minimum atomic E-state index is -0.409. The fourth-order valence-corrected chi connectivity index (χ4v) is 5.42. The monoisotopic (exact) mass is 417 g/mol. The second-order valence-electron chi connectivity index (χ2n) is 5.89. The van der Waals surface area contributed by atoms with E-state index in [1.165, 1.54) is 4.24 Å². The first-order valence-electron chi connectivity index (χ1n) is 8.66. The molecule has 2 aliphatic rings. The quantitative estimate of drug-likeness (QED) is 0.520. The first-order chi connectivity index (χ1) is 13.2. The fraction of sp³-hybridized carbons (Fsp3) is 0.263. The lowest BCUT2D eigenvalue weighted by molar-refractivity contribution is -0.143. The SMILES string of the molecule is CCOC(=O)C1CSC(c2cc3cccc(NSC4=CC=CCS4)c3[nH]2)=N1. The maximum Gasteiger partial charge on any atom is 0.331 e. The molecule has 1 atom stereocenters. The lowest BCUT2D eigenvalue weighted by atomic mass is 10.2. The summed E-state index contributed by atoms with van der Waals surface area (Å²) >= 11 is 5.03. The van der Waals surface area contributed by atoms with Crippen LogP contribution in [-0.2, 0) is 9.53 Å². The van der Waals surface area contributed by atoms with Crippen LogP contribution >= 0.6 is 35.5 Å². The lowest BCUT2D eigenvalue weighted by Gasteiger charge is -2.10. The minimum Gasteiger partial charge on any atom is -0.464 e. The Hall–Kier alpha value is -1.77. The van der Waals surface area contributed by atoms with Gasteiger partial charge in [-0.3, -0.25) is 4.99 Å². The number of H-pyrrole nitrogens is 1. The molecule has 0 aliphatic carbocycles. The zero-order valence-electron chi connectivity index (χ0n) is 14.7. The zero-order chi connectivity index (χ0) is 18.6. The second kappa shape index (κ2) is 8.50. The van der Waals surface area contributed by atoms with E-state index in [0.29, 0.717) is 12.4 Å². The molecular weight excluding hydrogens is 398 g/mol. The molecule has 140 valence electrons. The molecule has 0 bridgehead atoms. The Labute approximate surface area is 170 Å². The van der Waals surface area contributed by atoms with Gasteiger partial charge in [-0.2, -0.15) is 0 Å². The predicted molar refractivity (Wildman–Crippen MR) is 119 cm³/mol. The summed E-state index contributed by atoms with van der Waals surface area (Å²) in [5.41, 5.74) is 3.01. The molecule has 8 heteroatoms. The molecule has 1 aromatic heterocycles. The predicted octanol–water partition coefficient (Wildman–Crippen LogP) is 4.80. The number of aromatic nitrogens is 1. The number of hydrogen-bond donors (Lipinski definition) is 2. The van der Waals surface area contributed by atoms with Crippen LogP contribution in [-0.4, -0.2) is 40.2 Å². The summed E-state index contributed by atoms with van der Waals surface area (Å²) in [6.45, 7) is 2.20. The van der Waals surface area contributed by atoms with Crippen LogP contribution in [0.1, 0.15) is 12.6 Å². The van der Waals surface area contributed by atoms with E-state index >= 15 is 0 Å². The first-order valence-corrected chi connectivity index (χ1v) is 11.4. The van der Waals surface area contributed by atoms with Crippen molar-refractivity contribution in [3.63, 3.8) is 0 Å². The average molecular weight is 418 g/mol. The highest BCUT2D eigenvalue weighted by Gasteiger charge is 2.27. The van der Waals surface area contributed by atoms with E-state index in [1.807, 2.05) is 24.8 Å². The van der Waals surface area contributed by atoms with Crippen molar-refractivity contribution >= 4 is 63.1 Å². The van der Waals surface area contributed by atoms with Crippen molar-refractivity contribution in [1.82, 2.24) is 4.98 Å². The molecule has 3 heterocycles. The largest absolute Gasteiger partial charge is 0.464 e. The van der Waals surface area contributed by atoms with Crippen molar-refractivity contribution in [2.24, 2.45) is 4.99 Å². The van der Waals surface area contributed by atoms with Gasteiger partial charge >= 0.3 is 5.97 Å². The van der Waals surface area contributed by atoms with Gasteiger partial charge in [-0.25, -0.2) is 4.79 Å². The number of para-hydroxylation sites is 1. The second-order valence-corrected chi connectivity index (χ2v) is 9.07. The van der Waals surface area contributed by atoms with Gasteiger partial charge in [0.25, 0.3) is 0 Å². The highest BCUT2D eigenvalue weighted by Crippen LogP contribution is 2.34. The fourth-order valence-electron chi connectivity index (χ4n) is 2.79. The molecule has 5 nitrogen and oxygen atoms in total. The molecule has 0 saturated heterocycles. The van der Waals surface area contributed by atoms with Crippen LogP contribution in [0.15, 0.2) is 51.7 Å². The van der Waals surface area contributed by atoms with Gasteiger partial charge in [-0.15, -0.1) is 23.5 Å². The Balaban J connectivity index is 1.54. The number of aliphatic imine (C=N–C) groups is 1. The maximum atomic E-state index is 11.9. The number of rotatable bonds is 6. The molecule has 2 aromatic rings. The van der Waals surface area contributed by atoms with Gasteiger partial charge in [-0.05, 0) is 37.1 Å². The Morgan fingerprint density at radius 3 is 3.19 bits per heavy atom. The number of hydrogen-bond acceptors (Lipinski definition) is 7. The average Bonchev–Trinajstić information content (AvgIpc) is 3.34. The smallest absolute Gasteiger partial charge is 0.331 e. The summed E-state index contributed by atoms with van der Waals surface area (Å²) in [5.74, 6) is 1.39. The van der Waals surface area contributed by atoms with Crippen molar-refractivity contribution in [1.29, 1.82) is 0 Å². The van der Waals surface area contributed by atoms with Gasteiger partial charge in [0.2, 0.25) is 0 Å². The van der Waals surface area contributed by atoms with E-state index in [2.05, 4.69) is 51.1 Å². The van der Waals surface area contributed by atoms with Crippen LogP contribution < -0.4 is 4.72 Å². The molecule has 0 spiro atoms. The molecule has 0 saturated carbocycles. The third kappa shape index (κ3) is 4.23. The zero-order valence-corrected chi connectivity index (χ0v) is 17.2. The van der Waals surface area contributed by atoms with Crippen molar-refractivity contribution < 1.29 is 9.53 Å². The Morgan fingerprint density at radius 1 is 1.44 bits per heavy atom. The van der Waals surface area contributed by atoms with Crippen molar-refractivity contribution in [2.75, 3.05) is 22.8 Å². The lowest BCUT2D eigenvalue weighted by Crippen LogP contribution is -2.21. The number of nitrogens with one attached hydrogen (secondary N) is 2. The van der Waals surface area contributed by atoms with Crippen LogP contribution in [0.25, 0.3) is 10.9 Å². The van der Waals surface area contributed by atoms with Crippen LogP contribution in [0.4, 0.5) is 5.69 Å². The number of ether oxygens (including phenoxy) is 1. The molecule has 4 rings (SSSR count). The number of aromatic amines is 1. The summed E-state index contributed by atoms with van der Waals surface area (Å²) in [6.07, 6.45) is 6.35. The summed E-state index contributed by atoms with van der Waals surface area (Å²) in [4.78, 5) is 19.9. The van der Waals surface area contributed by atoms with Gasteiger partial charge in [0.05, 0.1) is 27.7 Å². The standard InChI is InChI=1S/C19H19N3O2S3/c1-2-24-19(23)15-11-26-18(21-15)14-10-12-6-5-7-13(17(12)20-14)22-27-16-8-3-4-9-25-16/h3-8,10,15,20,22H,2,9,11H2,1H3. The summed E-state index contributed by atoms with van der Waals surface area (Å²) in [7, 11) is 0. The van der Waals surface area contributed by atoms with Crippen molar-refractivity contribution in [2.45, 2.75) is 13.0 Å². The third-order valence-electron chi connectivity index (χ3n) is 4.05. The first kappa shape index (κ1) is 18.6. The molecule has 2 aliphatic heterocycles. The molecule has 27 heavy (non-hydrogen) atoms. The van der Waals surface area contributed by atoms with Crippen molar-refractivity contribution in [3.8, 4) is 0 Å². The van der Waals surface area contributed by atoms with Gasteiger partial charge in [0, 0.05) is 16.9 Å². The maximum absolute atomic E-state index is 11.9. The minimum absolute atomic E-state index is 0.248. The van der Waals surface area contributed by atoms with Crippen LogP contribution in [0, 0.1) is 0 Å². The number of esters is 1.